The maximum Gasteiger partial charge on any atom is 0.366 e. The summed E-state index contributed by atoms with van der Waals surface area (Å²) < 4.78 is 35.0. The lowest BCUT2D eigenvalue weighted by Gasteiger charge is -2.44. The number of carbonyl (C=O) groups excluding carboxylic acids is 1. The summed E-state index contributed by atoms with van der Waals surface area (Å²) in [6.07, 6.45) is 4.73. The smallest absolute Gasteiger partial charge is 0.366 e. The molecule has 0 N–H and O–H groups in total. The summed E-state index contributed by atoms with van der Waals surface area (Å²) in [5.41, 5.74) is -0.117. The fourth-order valence-electron chi connectivity index (χ4n) is 3.44. The molecule has 1 aromatic heterocycles. The van der Waals surface area contributed by atoms with E-state index in [0.717, 1.165) is 25.7 Å². The highest BCUT2D eigenvalue weighted by atomic mass is 19.3. The second-order valence-corrected chi connectivity index (χ2v) is 6.00. The lowest BCUT2D eigenvalue weighted by molar-refractivity contribution is -0.176. The highest BCUT2D eigenvalue weighted by Crippen LogP contribution is 2.35. The third-order valence-electron chi connectivity index (χ3n) is 4.57. The van der Waals surface area contributed by atoms with Gasteiger partial charge in [0.1, 0.15) is 5.69 Å². The number of rotatable bonds is 2. The molecule has 2 atom stereocenters. The molecular formula is C16H20F2N2O2. The number of carbonyl (C=O) groups is 1. The summed E-state index contributed by atoms with van der Waals surface area (Å²) in [7, 11) is 0. The Morgan fingerprint density at radius 3 is 2.95 bits per heavy atom. The minimum atomic E-state index is -3.59. The van der Waals surface area contributed by atoms with Gasteiger partial charge in [0.05, 0.1) is 18.8 Å². The van der Waals surface area contributed by atoms with Crippen LogP contribution in [0.25, 0.3) is 0 Å². The van der Waals surface area contributed by atoms with Gasteiger partial charge in [-0.1, -0.05) is 18.9 Å². The molecule has 6 heteroatoms. The van der Waals surface area contributed by atoms with Crippen LogP contribution < -0.4 is 0 Å². The average Bonchev–Trinajstić information content (AvgIpc) is 2.54. The number of pyridine rings is 1. The monoisotopic (exact) mass is 310 g/mol. The summed E-state index contributed by atoms with van der Waals surface area (Å²) in [6, 6.07) is 2.90. The normalized spacial score (nSPS) is 25.7. The maximum absolute atomic E-state index is 14.7. The van der Waals surface area contributed by atoms with Crippen molar-refractivity contribution in [2.75, 3.05) is 13.2 Å². The molecule has 1 aliphatic heterocycles. The van der Waals surface area contributed by atoms with Crippen LogP contribution >= 0.6 is 0 Å². The van der Waals surface area contributed by atoms with Crippen LogP contribution in [0.1, 0.15) is 36.9 Å². The van der Waals surface area contributed by atoms with Crippen molar-refractivity contribution in [3.63, 3.8) is 0 Å². The van der Waals surface area contributed by atoms with E-state index in [-0.39, 0.29) is 18.7 Å². The van der Waals surface area contributed by atoms with E-state index in [4.69, 9.17) is 4.74 Å². The third kappa shape index (κ3) is 2.60. The number of halogens is 2. The van der Waals surface area contributed by atoms with Crippen molar-refractivity contribution in [2.45, 2.75) is 50.7 Å². The van der Waals surface area contributed by atoms with Crippen LogP contribution in [-0.4, -0.2) is 41.1 Å². The second-order valence-electron chi connectivity index (χ2n) is 6.00. The molecule has 1 saturated heterocycles. The van der Waals surface area contributed by atoms with E-state index in [2.05, 4.69) is 4.98 Å². The van der Waals surface area contributed by atoms with Gasteiger partial charge in [-0.3, -0.25) is 9.78 Å². The van der Waals surface area contributed by atoms with Gasteiger partial charge in [0.2, 0.25) is 0 Å². The molecule has 1 aliphatic carbocycles. The Bertz CT molecular complexity index is 563. The van der Waals surface area contributed by atoms with Crippen LogP contribution in [0.5, 0.6) is 0 Å². The van der Waals surface area contributed by atoms with E-state index in [1.54, 1.807) is 19.1 Å². The van der Waals surface area contributed by atoms with Crippen molar-refractivity contribution in [1.82, 2.24) is 9.88 Å². The molecule has 2 aliphatic rings. The Kier molecular flexibility index (Phi) is 4.12. The highest BCUT2D eigenvalue weighted by molar-refractivity contribution is 5.85. The van der Waals surface area contributed by atoms with Crippen LogP contribution in [0.3, 0.4) is 0 Å². The molecule has 0 radical (unpaired) electrons. The molecule has 0 unspecified atom stereocenters. The fraction of sp³-hybridized carbons (Fsp3) is 0.625. The van der Waals surface area contributed by atoms with Crippen molar-refractivity contribution in [3.8, 4) is 0 Å². The minimum absolute atomic E-state index is 0.105. The van der Waals surface area contributed by atoms with Crippen LogP contribution in [0.15, 0.2) is 18.3 Å². The molecule has 1 amide bonds. The molecule has 0 bridgehead atoms. The molecule has 120 valence electrons. The first-order chi connectivity index (χ1) is 10.5. The Morgan fingerprint density at radius 1 is 1.41 bits per heavy atom. The zero-order valence-electron chi connectivity index (χ0n) is 12.6. The van der Waals surface area contributed by atoms with Gasteiger partial charge in [-0.2, -0.15) is 8.78 Å². The van der Waals surface area contributed by atoms with Gasteiger partial charge in [0.25, 0.3) is 5.91 Å². The van der Waals surface area contributed by atoms with Crippen LogP contribution in [0.2, 0.25) is 0 Å². The topological polar surface area (TPSA) is 42.4 Å². The molecule has 0 aromatic carbocycles. The zero-order valence-corrected chi connectivity index (χ0v) is 12.6. The largest absolute Gasteiger partial charge is 0.374 e. The number of amides is 1. The zero-order chi connectivity index (χ0) is 15.7. The van der Waals surface area contributed by atoms with Gasteiger partial charge >= 0.3 is 5.92 Å². The first kappa shape index (κ1) is 15.3. The van der Waals surface area contributed by atoms with Gasteiger partial charge in [0.15, 0.2) is 0 Å². The van der Waals surface area contributed by atoms with E-state index in [9.17, 15) is 13.6 Å². The summed E-state index contributed by atoms with van der Waals surface area (Å²) >= 11 is 0. The van der Waals surface area contributed by atoms with Crippen molar-refractivity contribution < 1.29 is 18.3 Å². The van der Waals surface area contributed by atoms with E-state index in [0.29, 0.717) is 12.2 Å². The van der Waals surface area contributed by atoms with Gasteiger partial charge in [-0.05, 0) is 31.4 Å². The molecule has 3 rings (SSSR count). The number of fused-ring (bicyclic) bond motifs is 1. The first-order valence-electron chi connectivity index (χ1n) is 7.74. The van der Waals surface area contributed by atoms with Gasteiger partial charge in [-0.15, -0.1) is 0 Å². The van der Waals surface area contributed by atoms with E-state index in [1.165, 1.54) is 11.1 Å². The van der Waals surface area contributed by atoms with Crippen LogP contribution in [-0.2, 0) is 15.5 Å². The average molecular weight is 310 g/mol. The van der Waals surface area contributed by atoms with E-state index in [1.807, 2.05) is 0 Å². The first-order valence-corrected chi connectivity index (χ1v) is 7.74. The second kappa shape index (κ2) is 5.91. The number of hydrogen-bond acceptors (Lipinski definition) is 3. The third-order valence-corrected chi connectivity index (χ3v) is 4.57. The maximum atomic E-state index is 14.7. The SMILES string of the molecule is Cc1cccnc1C(F)(F)C(=O)N1CCO[C@H]2CCCC[C@H]21. The van der Waals surface area contributed by atoms with Gasteiger partial charge in [-0.25, -0.2) is 0 Å². The summed E-state index contributed by atoms with van der Waals surface area (Å²) in [5.74, 6) is -4.74. The van der Waals surface area contributed by atoms with Crippen LogP contribution in [0.4, 0.5) is 8.78 Å². The molecular weight excluding hydrogens is 290 g/mol. The van der Waals surface area contributed by atoms with Crippen molar-refractivity contribution >= 4 is 5.91 Å². The summed E-state index contributed by atoms with van der Waals surface area (Å²) in [5, 5.41) is 0. The lowest BCUT2D eigenvalue weighted by Crippen LogP contribution is -2.58. The Morgan fingerprint density at radius 2 is 2.18 bits per heavy atom. The summed E-state index contributed by atoms with van der Waals surface area (Å²) in [4.78, 5) is 17.6. The number of morpholine rings is 1. The quantitative estimate of drug-likeness (QED) is 0.843. The molecule has 4 nitrogen and oxygen atoms in total. The minimum Gasteiger partial charge on any atom is -0.374 e. The number of alkyl halides is 2. The predicted octanol–water partition coefficient (Wildman–Crippen LogP) is 2.65. The number of ether oxygens (including phenoxy) is 1. The standard InChI is InChI=1S/C16H20F2N2O2/c1-11-5-4-8-19-14(11)16(17,18)15(21)20-9-10-22-13-7-3-2-6-12(13)20/h4-5,8,12-13H,2-3,6-7,9-10H2,1H3/t12-,13+/m1/s1. The fourth-order valence-corrected chi connectivity index (χ4v) is 3.44. The van der Waals surface area contributed by atoms with Crippen molar-refractivity contribution in [2.24, 2.45) is 0 Å². The predicted molar refractivity (Wildman–Crippen MR) is 76.6 cm³/mol. The van der Waals surface area contributed by atoms with Gasteiger partial charge in [0, 0.05) is 12.7 Å². The molecule has 22 heavy (non-hydrogen) atoms. The number of aromatic nitrogens is 1. The Balaban J connectivity index is 1.87. The molecule has 2 heterocycles. The van der Waals surface area contributed by atoms with E-state index < -0.39 is 17.5 Å². The molecule has 0 spiro atoms. The van der Waals surface area contributed by atoms with Gasteiger partial charge < -0.3 is 9.64 Å². The molecule has 2 fully saturated rings. The number of hydrogen-bond donors (Lipinski definition) is 0. The number of nitrogens with zero attached hydrogens (tertiary/aromatic N) is 2. The molecule has 1 aromatic rings. The van der Waals surface area contributed by atoms with Crippen LogP contribution in [0, 0.1) is 6.92 Å². The van der Waals surface area contributed by atoms with Crippen molar-refractivity contribution in [1.29, 1.82) is 0 Å². The van der Waals surface area contributed by atoms with E-state index >= 15 is 0 Å². The Labute approximate surface area is 128 Å². The molecule has 1 saturated carbocycles. The Hall–Kier alpha value is -1.56. The lowest BCUT2D eigenvalue weighted by atomic mass is 9.89. The highest BCUT2D eigenvalue weighted by Gasteiger charge is 2.50. The van der Waals surface area contributed by atoms with Crippen molar-refractivity contribution in [3.05, 3.63) is 29.6 Å². The summed E-state index contributed by atoms with van der Waals surface area (Å²) in [6.45, 7) is 2.10. The number of aryl methyl sites for hydroxylation is 1.